The van der Waals surface area contributed by atoms with Gasteiger partial charge in [-0.05, 0) is 49.6 Å². The van der Waals surface area contributed by atoms with Crippen molar-refractivity contribution in [1.29, 1.82) is 0 Å². The van der Waals surface area contributed by atoms with E-state index < -0.39 is 12.0 Å². The van der Waals surface area contributed by atoms with Crippen molar-refractivity contribution < 1.29 is 14.6 Å². The Morgan fingerprint density at radius 1 is 1.26 bits per heavy atom. The van der Waals surface area contributed by atoms with Gasteiger partial charge in [0.15, 0.2) is 5.82 Å². The van der Waals surface area contributed by atoms with Gasteiger partial charge < -0.3 is 25.5 Å². The number of carbonyl (C=O) groups is 1. The van der Waals surface area contributed by atoms with E-state index in [-0.39, 0.29) is 5.95 Å². The number of carboxylic acid groups (broad SMARTS) is 1. The van der Waals surface area contributed by atoms with E-state index in [0.717, 1.165) is 72.5 Å². The number of ether oxygens (including phenoxy) is 1. The van der Waals surface area contributed by atoms with Crippen molar-refractivity contribution >= 4 is 28.8 Å². The third kappa shape index (κ3) is 5.25. The molecule has 3 aromatic rings. The molecule has 4 rings (SSSR count). The minimum atomic E-state index is -0.747. The quantitative estimate of drug-likeness (QED) is 0.366. The lowest BCUT2D eigenvalue weighted by Gasteiger charge is -2.22. The molecule has 0 bridgehead atoms. The highest BCUT2D eigenvalue weighted by atomic mass is 16.5. The number of carboxylic acids is 1. The van der Waals surface area contributed by atoms with Crippen LogP contribution in [0.3, 0.4) is 0 Å². The number of unbranched alkanes of at least 4 members (excludes halogenated alkanes) is 2. The van der Waals surface area contributed by atoms with Gasteiger partial charge in [-0.3, -0.25) is 9.69 Å². The minimum Gasteiger partial charge on any atom is -0.496 e. The second kappa shape index (κ2) is 10.7. The highest BCUT2D eigenvalue weighted by molar-refractivity contribution is 5.87. The summed E-state index contributed by atoms with van der Waals surface area (Å²) in [5, 5.41) is 12.9. The van der Waals surface area contributed by atoms with Crippen molar-refractivity contribution in [3.63, 3.8) is 0 Å². The van der Waals surface area contributed by atoms with Gasteiger partial charge in [0.1, 0.15) is 17.3 Å². The first-order valence-corrected chi connectivity index (χ1v) is 12.0. The highest BCUT2D eigenvalue weighted by Crippen LogP contribution is 2.28. The Bertz CT molecular complexity index is 1150. The first kappa shape index (κ1) is 23.8. The van der Waals surface area contributed by atoms with Gasteiger partial charge in [0, 0.05) is 24.8 Å². The van der Waals surface area contributed by atoms with Gasteiger partial charge in [-0.2, -0.15) is 4.98 Å². The van der Waals surface area contributed by atoms with E-state index in [4.69, 9.17) is 10.5 Å². The molecule has 9 heteroatoms. The molecule has 182 valence electrons. The molecule has 0 aliphatic carbocycles. The van der Waals surface area contributed by atoms with Gasteiger partial charge in [0.05, 0.1) is 19.2 Å². The van der Waals surface area contributed by atoms with E-state index in [1.807, 2.05) is 29.3 Å². The number of likely N-dealkylation sites (tertiary alicyclic amines) is 1. The number of hydrogen-bond acceptors (Lipinski definition) is 7. The molecule has 1 unspecified atom stereocenters. The molecule has 1 saturated heterocycles. The molecular formula is C25H34N6O3. The number of nitrogens with zero attached hydrogens (tertiary/aromatic N) is 4. The monoisotopic (exact) mass is 466 g/mol. The highest BCUT2D eigenvalue weighted by Gasteiger charge is 2.30. The molecule has 2 aromatic heterocycles. The molecule has 1 atom stereocenters. The molecule has 0 radical (unpaired) electrons. The summed E-state index contributed by atoms with van der Waals surface area (Å²) in [4.78, 5) is 22.5. The Labute approximate surface area is 199 Å². The summed E-state index contributed by atoms with van der Waals surface area (Å²) in [5.74, 6) is 1.03. The number of anilines is 2. The summed E-state index contributed by atoms with van der Waals surface area (Å²) in [5.41, 5.74) is 9.73. The number of nitrogens with two attached hydrogens (primary N) is 1. The predicted octanol–water partition coefficient (Wildman–Crippen LogP) is 3.72. The number of hydrogen-bond donors (Lipinski definition) is 3. The number of fused-ring (bicyclic) bond motifs is 1. The standard InChI is InChI=1S/C25H34N6O3/c1-3-4-5-11-27-23-22-19(28-25(26)29-23)10-13-31(22)16-18-14-17(8-9-21(18)34-2)15-30-12-6-7-20(30)24(32)33/h8-10,13-14,20H,3-7,11-12,15-16H2,1-2H3,(H,32,33)(H3,26,27,28,29). The van der Waals surface area contributed by atoms with Crippen LogP contribution in [0.2, 0.25) is 0 Å². The van der Waals surface area contributed by atoms with Crippen molar-refractivity contribution in [1.82, 2.24) is 19.4 Å². The molecule has 1 fully saturated rings. The SMILES string of the molecule is CCCCCNc1nc(N)nc2ccn(Cc3cc(CN4CCCC4C(=O)O)ccc3OC)c12. The minimum absolute atomic E-state index is 0.251. The van der Waals surface area contributed by atoms with Crippen LogP contribution in [0.25, 0.3) is 11.0 Å². The van der Waals surface area contributed by atoms with Crippen LogP contribution < -0.4 is 15.8 Å². The molecular weight excluding hydrogens is 432 g/mol. The van der Waals surface area contributed by atoms with Crippen molar-refractivity contribution in [2.75, 3.05) is 31.2 Å². The average Bonchev–Trinajstić information content (AvgIpc) is 3.44. The number of aromatic nitrogens is 3. The maximum Gasteiger partial charge on any atom is 0.320 e. The van der Waals surface area contributed by atoms with Gasteiger partial charge in [-0.1, -0.05) is 25.8 Å². The molecule has 0 spiro atoms. The second-order valence-corrected chi connectivity index (χ2v) is 8.85. The Morgan fingerprint density at radius 2 is 2.12 bits per heavy atom. The summed E-state index contributed by atoms with van der Waals surface area (Å²) in [6.07, 6.45) is 6.97. The van der Waals surface area contributed by atoms with E-state index in [1.165, 1.54) is 0 Å². The third-order valence-corrected chi connectivity index (χ3v) is 6.42. The van der Waals surface area contributed by atoms with E-state index in [9.17, 15) is 9.90 Å². The van der Waals surface area contributed by atoms with Crippen LogP contribution >= 0.6 is 0 Å². The number of aliphatic carboxylic acids is 1. The maximum atomic E-state index is 11.6. The lowest BCUT2D eigenvalue weighted by molar-refractivity contribution is -0.142. The van der Waals surface area contributed by atoms with E-state index in [1.54, 1.807) is 7.11 Å². The van der Waals surface area contributed by atoms with Gasteiger partial charge >= 0.3 is 5.97 Å². The Hall–Kier alpha value is -3.33. The van der Waals surface area contributed by atoms with E-state index in [0.29, 0.717) is 19.5 Å². The zero-order chi connectivity index (χ0) is 24.1. The molecule has 0 saturated carbocycles. The number of methoxy groups -OCH3 is 1. The van der Waals surface area contributed by atoms with Gasteiger partial charge in [-0.25, -0.2) is 4.98 Å². The molecule has 1 aliphatic heterocycles. The first-order valence-electron chi connectivity index (χ1n) is 12.0. The third-order valence-electron chi connectivity index (χ3n) is 6.42. The molecule has 4 N–H and O–H groups in total. The fraction of sp³-hybridized carbons (Fsp3) is 0.480. The van der Waals surface area contributed by atoms with E-state index in [2.05, 4.69) is 32.8 Å². The fourth-order valence-corrected chi connectivity index (χ4v) is 4.73. The van der Waals surface area contributed by atoms with Crippen molar-refractivity contribution in [2.45, 2.75) is 58.2 Å². The lowest BCUT2D eigenvalue weighted by atomic mass is 10.1. The van der Waals surface area contributed by atoms with Crippen LogP contribution in [0.1, 0.15) is 50.2 Å². The predicted molar refractivity (Wildman–Crippen MR) is 133 cm³/mol. The lowest BCUT2D eigenvalue weighted by Crippen LogP contribution is -2.35. The van der Waals surface area contributed by atoms with Crippen LogP contribution in [0, 0.1) is 0 Å². The molecule has 34 heavy (non-hydrogen) atoms. The molecule has 9 nitrogen and oxygen atoms in total. The van der Waals surface area contributed by atoms with Crippen molar-refractivity contribution in [3.8, 4) is 5.75 Å². The van der Waals surface area contributed by atoms with Gasteiger partial charge in [-0.15, -0.1) is 0 Å². The summed E-state index contributed by atoms with van der Waals surface area (Å²) in [6, 6.07) is 7.61. The Kier molecular flexibility index (Phi) is 7.52. The normalized spacial score (nSPS) is 16.2. The molecule has 1 aliphatic rings. The largest absolute Gasteiger partial charge is 0.496 e. The van der Waals surface area contributed by atoms with Crippen LogP contribution in [-0.4, -0.2) is 56.8 Å². The zero-order valence-electron chi connectivity index (χ0n) is 20.0. The zero-order valence-corrected chi connectivity index (χ0v) is 20.0. The number of benzene rings is 1. The first-order chi connectivity index (χ1) is 16.5. The van der Waals surface area contributed by atoms with Gasteiger partial charge in [0.25, 0.3) is 0 Å². The maximum absolute atomic E-state index is 11.6. The van der Waals surface area contributed by atoms with Crippen LogP contribution in [-0.2, 0) is 17.9 Å². The van der Waals surface area contributed by atoms with Crippen molar-refractivity contribution in [3.05, 3.63) is 41.6 Å². The van der Waals surface area contributed by atoms with Crippen LogP contribution in [0.15, 0.2) is 30.5 Å². The van der Waals surface area contributed by atoms with Gasteiger partial charge in [0.2, 0.25) is 5.95 Å². The smallest absolute Gasteiger partial charge is 0.320 e. The van der Waals surface area contributed by atoms with E-state index >= 15 is 0 Å². The fourth-order valence-electron chi connectivity index (χ4n) is 4.73. The topological polar surface area (TPSA) is 119 Å². The number of nitrogens with one attached hydrogen (secondary N) is 1. The summed E-state index contributed by atoms with van der Waals surface area (Å²) in [7, 11) is 1.66. The Balaban J connectivity index is 1.60. The van der Waals surface area contributed by atoms with Crippen molar-refractivity contribution in [2.24, 2.45) is 0 Å². The Morgan fingerprint density at radius 3 is 2.88 bits per heavy atom. The molecule has 3 heterocycles. The number of nitrogen functional groups attached to an aromatic ring is 1. The summed E-state index contributed by atoms with van der Waals surface area (Å²) < 4.78 is 7.75. The molecule has 1 aromatic carbocycles. The second-order valence-electron chi connectivity index (χ2n) is 8.85. The van der Waals surface area contributed by atoms with Crippen LogP contribution in [0.4, 0.5) is 11.8 Å². The molecule has 0 amide bonds. The summed E-state index contributed by atoms with van der Waals surface area (Å²) in [6.45, 7) is 4.97. The number of rotatable bonds is 11. The average molecular weight is 467 g/mol. The van der Waals surface area contributed by atoms with Crippen LogP contribution in [0.5, 0.6) is 5.75 Å². The summed E-state index contributed by atoms with van der Waals surface area (Å²) >= 11 is 0.